The Labute approximate surface area is 274 Å². The van der Waals surface area contributed by atoms with Crippen molar-refractivity contribution in [1.29, 1.82) is 5.26 Å². The second-order valence-corrected chi connectivity index (χ2v) is 11.9. The van der Waals surface area contributed by atoms with Crippen molar-refractivity contribution in [2.75, 3.05) is 0 Å². The molecule has 0 saturated carbocycles. The number of hydrogen-bond acceptors (Lipinski definition) is 4. The molecule has 0 aliphatic carbocycles. The third-order valence-electron chi connectivity index (χ3n) is 8.21. The minimum Gasteiger partial charge on any atom is -0.309 e. The predicted octanol–water partition coefficient (Wildman–Crippen LogP) is 10.3. The molecular weight excluding hydrogens is 630 g/mol. The molecule has 5 aromatic carbocycles. The molecule has 3 aromatic heterocycles. The number of nitrogens with zero attached hydrogens (tertiary/aromatic N) is 5. The lowest BCUT2D eigenvalue weighted by atomic mass is 10.0. The molecule has 8 aromatic rings. The van der Waals surface area contributed by atoms with Gasteiger partial charge in [0.05, 0.1) is 34.1 Å². The van der Waals surface area contributed by atoms with Crippen molar-refractivity contribution in [3.05, 3.63) is 156 Å². The number of fused-ring (bicyclic) bond motifs is 3. The van der Waals surface area contributed by atoms with Crippen LogP contribution in [0.15, 0.2) is 150 Å². The van der Waals surface area contributed by atoms with Gasteiger partial charge in [0.25, 0.3) is 0 Å². The molecule has 8 rings (SSSR count). The van der Waals surface area contributed by atoms with Crippen LogP contribution in [-0.2, 0) is 0 Å². The van der Waals surface area contributed by atoms with Gasteiger partial charge in [-0.25, -0.2) is 9.97 Å². The summed E-state index contributed by atoms with van der Waals surface area (Å²) in [5, 5.41) is 11.6. The first-order valence-corrected chi connectivity index (χ1v) is 15.6. The highest BCUT2D eigenvalue weighted by atomic mass is 79.9. The summed E-state index contributed by atoms with van der Waals surface area (Å²) in [4.78, 5) is 14.3. The average Bonchev–Trinajstić information content (AvgIpc) is 3.46. The average molecular weight is 655 g/mol. The first-order valence-electron chi connectivity index (χ1n) is 14.8. The minimum atomic E-state index is 0.629. The van der Waals surface area contributed by atoms with Gasteiger partial charge in [0.1, 0.15) is 0 Å². The fourth-order valence-electron chi connectivity index (χ4n) is 6.00. The minimum absolute atomic E-state index is 0.629. The number of aromatic nitrogens is 4. The molecule has 0 fully saturated rings. The van der Waals surface area contributed by atoms with E-state index in [1.807, 2.05) is 36.4 Å². The molecule has 0 amide bonds. The molecular formula is C40H24BrN5. The summed E-state index contributed by atoms with van der Waals surface area (Å²) in [6.07, 6.45) is 3.52. The van der Waals surface area contributed by atoms with Gasteiger partial charge in [-0.2, -0.15) is 5.26 Å². The highest BCUT2D eigenvalue weighted by Gasteiger charge is 2.16. The third-order valence-corrected chi connectivity index (χ3v) is 8.67. The second kappa shape index (κ2) is 11.6. The summed E-state index contributed by atoms with van der Waals surface area (Å²) in [6, 6.07) is 47.6. The molecule has 0 atom stereocenters. The number of para-hydroxylation sites is 2. The smallest absolute Gasteiger partial charge is 0.160 e. The van der Waals surface area contributed by atoms with Crippen LogP contribution in [0.25, 0.3) is 72.5 Å². The number of pyridine rings is 1. The van der Waals surface area contributed by atoms with Crippen LogP contribution in [-0.4, -0.2) is 19.5 Å². The lowest BCUT2D eigenvalue weighted by Crippen LogP contribution is -1.98. The second-order valence-electron chi connectivity index (χ2n) is 11.0. The van der Waals surface area contributed by atoms with Crippen LogP contribution >= 0.6 is 15.9 Å². The van der Waals surface area contributed by atoms with Gasteiger partial charge in [0.2, 0.25) is 0 Å². The summed E-state index contributed by atoms with van der Waals surface area (Å²) in [7, 11) is 0. The maximum atomic E-state index is 9.16. The Kier molecular flexibility index (Phi) is 6.94. The van der Waals surface area contributed by atoms with Crippen molar-refractivity contribution in [3.8, 4) is 56.8 Å². The highest BCUT2D eigenvalue weighted by molar-refractivity contribution is 9.10. The fraction of sp³-hybridized carbons (Fsp3) is 0. The molecule has 0 saturated heterocycles. The topological polar surface area (TPSA) is 67.4 Å². The lowest BCUT2D eigenvalue weighted by molar-refractivity contribution is 1.16. The molecule has 5 nitrogen and oxygen atoms in total. The molecule has 0 N–H and O–H groups in total. The van der Waals surface area contributed by atoms with E-state index in [1.165, 1.54) is 10.8 Å². The van der Waals surface area contributed by atoms with Gasteiger partial charge in [0.15, 0.2) is 5.82 Å². The Morgan fingerprint density at radius 1 is 0.543 bits per heavy atom. The molecule has 0 aliphatic rings. The van der Waals surface area contributed by atoms with Gasteiger partial charge in [-0.05, 0) is 71.8 Å². The first-order chi connectivity index (χ1) is 22.6. The third kappa shape index (κ3) is 5.03. The van der Waals surface area contributed by atoms with Gasteiger partial charge < -0.3 is 4.57 Å². The zero-order chi connectivity index (χ0) is 31.0. The summed E-state index contributed by atoms with van der Waals surface area (Å²) in [5.41, 5.74) is 10.6. The molecule has 46 heavy (non-hydrogen) atoms. The number of rotatable bonds is 5. The van der Waals surface area contributed by atoms with Crippen molar-refractivity contribution < 1.29 is 0 Å². The van der Waals surface area contributed by atoms with Gasteiger partial charge in [-0.1, -0.05) is 88.7 Å². The van der Waals surface area contributed by atoms with E-state index in [-0.39, 0.29) is 0 Å². The molecule has 0 spiro atoms. The molecule has 0 aliphatic heterocycles. The van der Waals surface area contributed by atoms with E-state index in [1.54, 1.807) is 12.4 Å². The van der Waals surface area contributed by atoms with Crippen LogP contribution < -0.4 is 0 Å². The number of hydrogen-bond donors (Lipinski definition) is 0. The maximum Gasteiger partial charge on any atom is 0.160 e. The standard InChI is InChI=1S/C40H24BrN5/c41-32-21-31(22-33(23-32)46-38-7-3-1-5-34(38)35-6-2-4-8-39(35)46)37-24-36(44-40(45-37)30-17-19-43-20-18-30)29-15-13-28(14-16-29)27-11-9-26(25-42)10-12-27/h1-24H. The number of benzene rings is 5. The molecule has 3 heterocycles. The van der Waals surface area contributed by atoms with E-state index in [2.05, 4.69) is 129 Å². The maximum absolute atomic E-state index is 9.16. The zero-order valence-electron chi connectivity index (χ0n) is 24.5. The molecule has 6 heteroatoms. The van der Waals surface area contributed by atoms with Crippen molar-refractivity contribution in [3.63, 3.8) is 0 Å². The Bertz CT molecular complexity index is 2370. The van der Waals surface area contributed by atoms with Gasteiger partial charge >= 0.3 is 0 Å². The van der Waals surface area contributed by atoms with Crippen molar-refractivity contribution in [2.24, 2.45) is 0 Å². The van der Waals surface area contributed by atoms with E-state index >= 15 is 0 Å². The van der Waals surface area contributed by atoms with E-state index in [0.29, 0.717) is 11.4 Å². The van der Waals surface area contributed by atoms with Crippen molar-refractivity contribution in [1.82, 2.24) is 19.5 Å². The Morgan fingerprint density at radius 3 is 1.74 bits per heavy atom. The monoisotopic (exact) mass is 653 g/mol. The first kappa shape index (κ1) is 27.6. The normalized spacial score (nSPS) is 11.1. The molecule has 0 bridgehead atoms. The van der Waals surface area contributed by atoms with Crippen molar-refractivity contribution >= 4 is 37.7 Å². The van der Waals surface area contributed by atoms with Crippen LogP contribution in [0, 0.1) is 11.3 Å². The molecule has 0 unspecified atom stereocenters. The Balaban J connectivity index is 1.27. The van der Waals surface area contributed by atoms with Gasteiger partial charge in [-0.15, -0.1) is 0 Å². The van der Waals surface area contributed by atoms with Gasteiger partial charge in [-0.3, -0.25) is 4.98 Å². The predicted molar refractivity (Wildman–Crippen MR) is 188 cm³/mol. The summed E-state index contributed by atoms with van der Waals surface area (Å²) >= 11 is 3.81. The summed E-state index contributed by atoms with van der Waals surface area (Å²) < 4.78 is 3.27. The van der Waals surface area contributed by atoms with Crippen LogP contribution in [0.5, 0.6) is 0 Å². The Morgan fingerprint density at radius 2 is 1.11 bits per heavy atom. The van der Waals surface area contributed by atoms with Crippen LogP contribution in [0.1, 0.15) is 5.56 Å². The van der Waals surface area contributed by atoms with Crippen LogP contribution in [0.2, 0.25) is 0 Å². The SMILES string of the molecule is N#Cc1ccc(-c2ccc(-c3cc(-c4cc(Br)cc(-n5c6ccccc6c6ccccc65)c4)nc(-c4ccncc4)n3)cc2)cc1. The zero-order valence-corrected chi connectivity index (χ0v) is 26.1. The van der Waals surface area contributed by atoms with E-state index in [9.17, 15) is 0 Å². The van der Waals surface area contributed by atoms with E-state index in [0.717, 1.165) is 60.4 Å². The highest BCUT2D eigenvalue weighted by Crippen LogP contribution is 2.36. The number of halogens is 1. The lowest BCUT2D eigenvalue weighted by Gasteiger charge is -2.13. The van der Waals surface area contributed by atoms with Crippen molar-refractivity contribution in [2.45, 2.75) is 0 Å². The summed E-state index contributed by atoms with van der Waals surface area (Å²) in [6.45, 7) is 0. The fourth-order valence-corrected chi connectivity index (χ4v) is 6.48. The van der Waals surface area contributed by atoms with E-state index in [4.69, 9.17) is 15.2 Å². The largest absolute Gasteiger partial charge is 0.309 e. The summed E-state index contributed by atoms with van der Waals surface area (Å²) in [5.74, 6) is 0.629. The van der Waals surface area contributed by atoms with Gasteiger partial charge in [0, 0.05) is 50.0 Å². The Hall–Kier alpha value is -5.90. The number of nitriles is 1. The molecule has 216 valence electrons. The van der Waals surface area contributed by atoms with Crippen LogP contribution in [0.4, 0.5) is 0 Å². The quantitative estimate of drug-likeness (QED) is 0.185. The molecule has 0 radical (unpaired) electrons. The van der Waals surface area contributed by atoms with Crippen LogP contribution in [0.3, 0.4) is 0 Å². The van der Waals surface area contributed by atoms with E-state index < -0.39 is 0 Å².